The molecule has 0 aromatic carbocycles. The van der Waals surface area contributed by atoms with Crippen LogP contribution >= 0.6 is 0 Å². The topological polar surface area (TPSA) is 761 Å². The van der Waals surface area contributed by atoms with Gasteiger partial charge in [0.2, 0.25) is 0 Å². The molecule has 0 spiro atoms. The van der Waals surface area contributed by atoms with E-state index in [-0.39, 0.29) is 19.6 Å². The lowest BCUT2D eigenvalue weighted by Gasteiger charge is -2.50. The first-order valence-corrected chi connectivity index (χ1v) is 34.8. The predicted molar refractivity (Wildman–Crippen MR) is 333 cm³/mol. The summed E-state index contributed by atoms with van der Waals surface area (Å²) in [5, 5.41) is 312. The zero-order valence-electron chi connectivity index (χ0n) is 57.7. The van der Waals surface area contributed by atoms with Crippen molar-refractivity contribution in [3.05, 3.63) is 0 Å². The van der Waals surface area contributed by atoms with Gasteiger partial charge in [0.1, 0.15) is 214 Å². The van der Waals surface area contributed by atoms with Gasteiger partial charge in [0, 0.05) is 6.54 Å². The van der Waals surface area contributed by atoms with Crippen molar-refractivity contribution in [3.8, 4) is 0 Å². The summed E-state index contributed by atoms with van der Waals surface area (Å²) in [5.41, 5.74) is 5.54. The van der Waals surface area contributed by atoms with Crippen LogP contribution in [0.2, 0.25) is 0 Å². The number of ether oxygens (including phenoxy) is 17. The van der Waals surface area contributed by atoms with Gasteiger partial charge in [-0.15, -0.1) is 0 Å². The fraction of sp³-hybridized carbons (Fsp3) is 1.00. The minimum absolute atomic E-state index is 0.232. The Morgan fingerprint density at radius 3 is 0.935 bits per heavy atom. The molecule has 44 unspecified atom stereocenters. The summed E-state index contributed by atoms with van der Waals surface area (Å²) in [6, 6.07) is 0. The summed E-state index contributed by atoms with van der Waals surface area (Å²) in [5.74, 6) is 0. The van der Waals surface area contributed by atoms with Crippen LogP contribution < -0.4 is 11.1 Å². The summed E-state index contributed by atoms with van der Waals surface area (Å²) in [7, 11) is 0. The van der Waals surface area contributed by atoms with Gasteiger partial charge in [-0.2, -0.15) is 0 Å². The maximum Gasteiger partial charge on any atom is 0.187 e. The molecular weight excluding hydrogens is 1470 g/mol. The predicted octanol–water partition coefficient (Wildman–Crippen LogP) is -19.6. The van der Waals surface area contributed by atoms with Crippen molar-refractivity contribution in [2.24, 2.45) is 5.73 Å². The second kappa shape index (κ2) is 41.1. The van der Waals surface area contributed by atoms with Crippen LogP contribution in [-0.4, -0.2) is 498 Å². The van der Waals surface area contributed by atoms with Gasteiger partial charge in [-0.05, 0) is 33.4 Å². The van der Waals surface area contributed by atoms with Gasteiger partial charge in [0.25, 0.3) is 0 Å². The molecule has 0 saturated carbocycles. The lowest BCUT2D eigenvalue weighted by atomic mass is 9.95. The van der Waals surface area contributed by atoms with E-state index in [1.807, 2.05) is 0 Å². The van der Waals surface area contributed by atoms with Gasteiger partial charge in [-0.25, -0.2) is 0 Å². The monoisotopic (exact) mass is 1580 g/mol. The van der Waals surface area contributed by atoms with Crippen molar-refractivity contribution in [2.45, 2.75) is 296 Å². The Morgan fingerprint density at radius 2 is 0.598 bits per heavy atom. The highest BCUT2D eigenvalue weighted by molar-refractivity contribution is 5.02. The highest BCUT2D eigenvalue weighted by Gasteiger charge is 2.60. The summed E-state index contributed by atoms with van der Waals surface area (Å²) in [4.78, 5) is 0. The number of nitrogens with two attached hydrogens (primary N) is 1. The Morgan fingerprint density at radius 1 is 0.318 bits per heavy atom. The SMILES string of the molecule is CC(C)OC1C(O)C(CO)OC(OC2C(O)C(CO)OC(OC3C(O)C(COC4OC(CO)C(O)C(OC5OC(CO)C(O)C(OC6OC(CO)C(O)C(O)C6O)C5O)C4O)OC(OC4C(O)C(CO)OC(OC5C(O)C(CO)OC(OC(C(O)CNCCCN)C(O)C(O)CO)C5O)C4O)C3O)C2O)C1O. The van der Waals surface area contributed by atoms with Crippen LogP contribution in [0.15, 0.2) is 0 Å². The average molecular weight is 1580 g/mol. The summed E-state index contributed by atoms with van der Waals surface area (Å²) >= 11 is 0. The van der Waals surface area contributed by atoms with Crippen LogP contribution in [0, 0.1) is 0 Å². The van der Waals surface area contributed by atoms with Gasteiger partial charge in [0.15, 0.2) is 50.3 Å². The van der Waals surface area contributed by atoms with Gasteiger partial charge < -0.3 is 235 Å². The summed E-state index contributed by atoms with van der Waals surface area (Å²) < 4.78 is 97.9. The van der Waals surface area contributed by atoms with E-state index >= 15 is 0 Å². The molecular formula is C60H108N2O45. The van der Waals surface area contributed by atoms with E-state index in [2.05, 4.69) is 5.32 Å². The molecule has 0 bridgehead atoms. The van der Waals surface area contributed by atoms with E-state index in [9.17, 15) is 143 Å². The van der Waals surface area contributed by atoms with E-state index in [4.69, 9.17) is 86.3 Å². The molecule has 0 aromatic rings. The molecule has 628 valence electrons. The van der Waals surface area contributed by atoms with E-state index in [1.165, 1.54) is 13.8 Å². The standard InChI is InChI=1S/C60H108N2O45/c1-16(2)92-46-29(75)21(10-66)96-56(39(46)85)104-50-33(79)24(13-69)99-59(42(50)88)107-52-35(81)26(15-91-53-38(84)47(30(76)20(9-65)93-53)103-57-41(87)48(31(77)23(12-68)97-57)102-54-37(83)36(82)28(74)19(8-64)94-54)100-60(44(52)90)106-51-34(80)25(14-70)98-58(43(51)89)105-49-32(78)22(11-67)95-55(40(49)86)101-45(27(73)18(72)7-63)17(71)6-62-5-3-4-61/h16-60,62-90H,3-15,61H2,1-2H3. The number of nitrogens with one attached hydrogen (secondary N) is 1. The largest absolute Gasteiger partial charge is 0.394 e. The minimum Gasteiger partial charge on any atom is -0.394 e. The Hall–Kier alpha value is -1.88. The molecule has 0 amide bonds. The fourth-order valence-corrected chi connectivity index (χ4v) is 13.4. The van der Waals surface area contributed by atoms with Crippen molar-refractivity contribution < 1.29 is 224 Å². The zero-order valence-corrected chi connectivity index (χ0v) is 57.7. The van der Waals surface area contributed by atoms with E-state index in [1.54, 1.807) is 0 Å². The molecule has 0 radical (unpaired) electrons. The molecule has 107 heavy (non-hydrogen) atoms. The number of aliphatic hydroxyl groups excluding tert-OH is 28. The molecule has 44 atom stereocenters. The molecule has 8 saturated heterocycles. The van der Waals surface area contributed by atoms with Crippen molar-refractivity contribution in [1.29, 1.82) is 0 Å². The van der Waals surface area contributed by atoms with Crippen LogP contribution in [0.5, 0.6) is 0 Å². The third-order valence-electron chi connectivity index (χ3n) is 19.5. The lowest BCUT2D eigenvalue weighted by Crippen LogP contribution is -2.69. The highest BCUT2D eigenvalue weighted by Crippen LogP contribution is 2.39. The van der Waals surface area contributed by atoms with Gasteiger partial charge >= 0.3 is 0 Å². The van der Waals surface area contributed by atoms with Crippen molar-refractivity contribution in [1.82, 2.24) is 5.32 Å². The Kier molecular flexibility index (Phi) is 34.8. The zero-order chi connectivity index (χ0) is 78.9. The Labute approximate surface area is 608 Å². The molecule has 8 rings (SSSR count). The second-order valence-electron chi connectivity index (χ2n) is 27.3. The third kappa shape index (κ3) is 20.7. The smallest absolute Gasteiger partial charge is 0.187 e. The molecule has 8 aliphatic heterocycles. The Bertz CT molecular complexity index is 2560. The number of hydrogen-bond acceptors (Lipinski definition) is 47. The third-order valence-corrected chi connectivity index (χ3v) is 19.5. The normalized spacial score (nSPS) is 47.9. The van der Waals surface area contributed by atoms with Crippen molar-refractivity contribution in [3.63, 3.8) is 0 Å². The van der Waals surface area contributed by atoms with Crippen LogP contribution in [0.3, 0.4) is 0 Å². The molecule has 8 heterocycles. The maximum absolute atomic E-state index is 12.3. The van der Waals surface area contributed by atoms with Crippen LogP contribution in [-0.2, 0) is 80.5 Å². The van der Waals surface area contributed by atoms with Crippen LogP contribution in [0.1, 0.15) is 20.3 Å². The Balaban J connectivity index is 1.08. The summed E-state index contributed by atoms with van der Waals surface area (Å²) in [6.07, 6.45) is -91.8. The molecule has 8 aliphatic rings. The van der Waals surface area contributed by atoms with E-state index in [0.717, 1.165) is 0 Å². The number of aliphatic hydroxyl groups is 28. The first kappa shape index (κ1) is 90.7. The number of hydrogen-bond donors (Lipinski definition) is 30. The van der Waals surface area contributed by atoms with Crippen molar-refractivity contribution in [2.75, 3.05) is 79.1 Å². The van der Waals surface area contributed by atoms with Crippen LogP contribution in [0.25, 0.3) is 0 Å². The maximum atomic E-state index is 12.3. The molecule has 8 fully saturated rings. The fourth-order valence-electron chi connectivity index (χ4n) is 13.4. The molecule has 0 aliphatic carbocycles. The van der Waals surface area contributed by atoms with Crippen molar-refractivity contribution >= 4 is 0 Å². The number of rotatable bonds is 35. The molecule has 31 N–H and O–H groups in total. The van der Waals surface area contributed by atoms with Crippen LogP contribution in [0.4, 0.5) is 0 Å². The molecule has 47 nitrogen and oxygen atoms in total. The van der Waals surface area contributed by atoms with E-state index in [0.29, 0.717) is 6.42 Å². The quantitative estimate of drug-likeness (QED) is 0.0262. The highest BCUT2D eigenvalue weighted by atomic mass is 16.8. The minimum atomic E-state index is -2.53. The molecule has 0 aromatic heterocycles. The lowest BCUT2D eigenvalue weighted by molar-refractivity contribution is -0.400. The molecule has 47 heteroatoms. The van der Waals surface area contributed by atoms with Gasteiger partial charge in [0.05, 0.1) is 71.7 Å². The van der Waals surface area contributed by atoms with E-state index < -0.39 is 336 Å². The average Bonchev–Trinajstić information content (AvgIpc) is 0.775. The van der Waals surface area contributed by atoms with Gasteiger partial charge in [-0.1, -0.05) is 0 Å². The summed E-state index contributed by atoms with van der Waals surface area (Å²) in [6.45, 7) is -6.49. The first-order valence-electron chi connectivity index (χ1n) is 34.8. The first-order chi connectivity index (χ1) is 50.8. The van der Waals surface area contributed by atoms with Gasteiger partial charge in [-0.3, -0.25) is 0 Å². The second-order valence-corrected chi connectivity index (χ2v) is 27.3.